The topological polar surface area (TPSA) is 29.1 Å². The molecule has 106 valence electrons. The lowest BCUT2D eigenvalue weighted by atomic mass is 9.84. The van der Waals surface area contributed by atoms with Crippen molar-refractivity contribution in [2.24, 2.45) is 5.41 Å². The largest absolute Gasteiger partial charge is 0.351 e. The molecule has 1 amide bonds. The summed E-state index contributed by atoms with van der Waals surface area (Å²) in [5, 5.41) is 3.02. The van der Waals surface area contributed by atoms with Gasteiger partial charge in [0.1, 0.15) is 0 Å². The van der Waals surface area contributed by atoms with Crippen LogP contribution < -0.4 is 5.32 Å². The Morgan fingerprint density at radius 2 is 1.84 bits per heavy atom. The quantitative estimate of drug-likeness (QED) is 0.782. The molecule has 2 nitrogen and oxygen atoms in total. The van der Waals surface area contributed by atoms with Crippen LogP contribution in [0.5, 0.6) is 0 Å². The summed E-state index contributed by atoms with van der Waals surface area (Å²) >= 11 is 6.05. The maximum Gasteiger partial charge on any atom is 0.251 e. The maximum atomic E-state index is 12.1. The van der Waals surface area contributed by atoms with Crippen LogP contribution in [0.3, 0.4) is 0 Å². The molecule has 1 N–H and O–H groups in total. The van der Waals surface area contributed by atoms with Crippen LogP contribution in [0.25, 0.3) is 0 Å². The summed E-state index contributed by atoms with van der Waals surface area (Å²) in [5.41, 5.74) is 3.08. The van der Waals surface area contributed by atoms with E-state index in [2.05, 4.69) is 19.2 Å². The number of carbonyl (C=O) groups is 1. The van der Waals surface area contributed by atoms with E-state index in [1.165, 1.54) is 5.56 Å². The number of nitrogens with one attached hydrogen (secondary N) is 1. The third kappa shape index (κ3) is 3.97. The Labute approximate surface area is 121 Å². The van der Waals surface area contributed by atoms with Gasteiger partial charge in [-0.05, 0) is 49.9 Å². The third-order valence-corrected chi connectivity index (χ3v) is 4.74. The zero-order chi connectivity index (χ0) is 14.5. The summed E-state index contributed by atoms with van der Waals surface area (Å²) in [6.07, 6.45) is 1.94. The highest BCUT2D eigenvalue weighted by Crippen LogP contribution is 2.27. The average molecular weight is 282 g/mol. The Balaban J connectivity index is 2.72. The van der Waals surface area contributed by atoms with Crippen molar-refractivity contribution in [3.05, 3.63) is 34.9 Å². The SMILES string of the molecule is CCC(CC)(CCl)CNC(=O)c1ccc(C)c(C)c1. The normalized spacial score (nSPS) is 11.4. The van der Waals surface area contributed by atoms with Crippen molar-refractivity contribution in [3.8, 4) is 0 Å². The van der Waals surface area contributed by atoms with Crippen molar-refractivity contribution < 1.29 is 4.79 Å². The number of hydrogen-bond donors (Lipinski definition) is 1. The highest BCUT2D eigenvalue weighted by molar-refractivity contribution is 6.18. The molecule has 19 heavy (non-hydrogen) atoms. The average Bonchev–Trinajstić information content (AvgIpc) is 2.43. The molecule has 0 fully saturated rings. The summed E-state index contributed by atoms with van der Waals surface area (Å²) in [6, 6.07) is 5.79. The minimum absolute atomic E-state index is 0.0109. The second kappa shape index (κ2) is 6.95. The van der Waals surface area contributed by atoms with E-state index in [9.17, 15) is 4.79 Å². The molecule has 1 aromatic rings. The van der Waals surface area contributed by atoms with Gasteiger partial charge in [0.05, 0.1) is 0 Å². The number of alkyl halides is 1. The molecule has 0 aliphatic rings. The molecule has 0 spiro atoms. The number of hydrogen-bond acceptors (Lipinski definition) is 1. The zero-order valence-corrected chi connectivity index (χ0v) is 13.1. The van der Waals surface area contributed by atoms with Crippen LogP contribution in [0.4, 0.5) is 0 Å². The van der Waals surface area contributed by atoms with E-state index >= 15 is 0 Å². The summed E-state index contributed by atoms with van der Waals surface area (Å²) in [7, 11) is 0. The summed E-state index contributed by atoms with van der Waals surface area (Å²) in [4.78, 5) is 12.1. The van der Waals surface area contributed by atoms with Crippen LogP contribution in [-0.2, 0) is 0 Å². The molecular weight excluding hydrogens is 258 g/mol. The minimum atomic E-state index is -0.0144. The number of halogens is 1. The second-order valence-corrected chi connectivity index (χ2v) is 5.59. The van der Waals surface area contributed by atoms with Gasteiger partial charge in [-0.2, -0.15) is 0 Å². The Hall–Kier alpha value is -1.02. The van der Waals surface area contributed by atoms with Gasteiger partial charge in [0.25, 0.3) is 5.91 Å². The standard InChI is InChI=1S/C16H24ClNO/c1-5-16(6-2,10-17)11-18-15(19)14-8-7-12(3)13(4)9-14/h7-9H,5-6,10-11H2,1-4H3,(H,18,19). The van der Waals surface area contributed by atoms with Gasteiger partial charge < -0.3 is 5.32 Å². The molecule has 0 aliphatic carbocycles. The van der Waals surface area contributed by atoms with E-state index in [0.29, 0.717) is 12.4 Å². The fourth-order valence-corrected chi connectivity index (χ4v) is 2.46. The molecule has 0 bridgehead atoms. The van der Waals surface area contributed by atoms with Crippen molar-refractivity contribution in [2.75, 3.05) is 12.4 Å². The van der Waals surface area contributed by atoms with E-state index in [1.54, 1.807) is 0 Å². The van der Waals surface area contributed by atoms with E-state index in [1.807, 2.05) is 32.0 Å². The van der Waals surface area contributed by atoms with Crippen molar-refractivity contribution in [2.45, 2.75) is 40.5 Å². The van der Waals surface area contributed by atoms with E-state index in [4.69, 9.17) is 11.6 Å². The first-order chi connectivity index (χ1) is 8.98. The van der Waals surface area contributed by atoms with Gasteiger partial charge >= 0.3 is 0 Å². The van der Waals surface area contributed by atoms with Crippen LogP contribution in [0.2, 0.25) is 0 Å². The van der Waals surface area contributed by atoms with Gasteiger partial charge in [0.15, 0.2) is 0 Å². The van der Waals surface area contributed by atoms with Crippen molar-refractivity contribution in [1.29, 1.82) is 0 Å². The van der Waals surface area contributed by atoms with Crippen molar-refractivity contribution in [3.63, 3.8) is 0 Å². The molecule has 0 radical (unpaired) electrons. The molecule has 0 unspecified atom stereocenters. The van der Waals surface area contributed by atoms with Gasteiger partial charge in [-0.1, -0.05) is 19.9 Å². The number of amides is 1. The van der Waals surface area contributed by atoms with Gasteiger partial charge in [0, 0.05) is 23.4 Å². The monoisotopic (exact) mass is 281 g/mol. The Morgan fingerprint density at radius 3 is 2.32 bits per heavy atom. The number of rotatable bonds is 6. The lowest BCUT2D eigenvalue weighted by molar-refractivity contribution is 0.0931. The first-order valence-corrected chi connectivity index (χ1v) is 7.43. The van der Waals surface area contributed by atoms with Gasteiger partial charge in [0.2, 0.25) is 0 Å². The summed E-state index contributed by atoms with van der Waals surface area (Å²) < 4.78 is 0. The summed E-state index contributed by atoms with van der Waals surface area (Å²) in [6.45, 7) is 8.94. The van der Waals surface area contributed by atoms with Gasteiger partial charge in [-0.3, -0.25) is 4.79 Å². The molecule has 1 rings (SSSR count). The number of carbonyl (C=O) groups excluding carboxylic acids is 1. The summed E-state index contributed by atoms with van der Waals surface area (Å²) in [5.74, 6) is 0.562. The Bertz CT molecular complexity index is 430. The molecule has 0 aliphatic heterocycles. The molecule has 0 saturated heterocycles. The molecule has 0 atom stereocenters. The molecule has 3 heteroatoms. The first kappa shape index (κ1) is 16.0. The fraction of sp³-hybridized carbons (Fsp3) is 0.562. The number of aryl methyl sites for hydroxylation is 2. The number of benzene rings is 1. The van der Waals surface area contributed by atoms with Crippen LogP contribution in [0.1, 0.15) is 48.2 Å². The minimum Gasteiger partial charge on any atom is -0.351 e. The van der Waals surface area contributed by atoms with Crippen LogP contribution in [-0.4, -0.2) is 18.3 Å². The predicted molar refractivity (Wildman–Crippen MR) is 82.0 cm³/mol. The van der Waals surface area contributed by atoms with Crippen LogP contribution in [0, 0.1) is 19.3 Å². The van der Waals surface area contributed by atoms with Gasteiger partial charge in [-0.15, -0.1) is 11.6 Å². The first-order valence-electron chi connectivity index (χ1n) is 6.89. The molecule has 0 saturated carbocycles. The molecule has 0 aromatic heterocycles. The van der Waals surface area contributed by atoms with Crippen molar-refractivity contribution >= 4 is 17.5 Å². The Morgan fingerprint density at radius 1 is 1.21 bits per heavy atom. The predicted octanol–water partition coefficient (Wildman–Crippen LogP) is 4.08. The van der Waals surface area contributed by atoms with Crippen molar-refractivity contribution in [1.82, 2.24) is 5.32 Å². The molecule has 1 aromatic carbocycles. The highest BCUT2D eigenvalue weighted by atomic mass is 35.5. The Kier molecular flexibility index (Phi) is 5.86. The van der Waals surface area contributed by atoms with Gasteiger partial charge in [-0.25, -0.2) is 0 Å². The second-order valence-electron chi connectivity index (χ2n) is 5.32. The third-order valence-electron chi connectivity index (χ3n) is 4.18. The van der Waals surface area contributed by atoms with Crippen LogP contribution in [0.15, 0.2) is 18.2 Å². The lowest BCUT2D eigenvalue weighted by Gasteiger charge is -2.29. The van der Waals surface area contributed by atoms with E-state index in [-0.39, 0.29) is 11.3 Å². The molecule has 0 heterocycles. The highest BCUT2D eigenvalue weighted by Gasteiger charge is 2.25. The zero-order valence-electron chi connectivity index (χ0n) is 12.3. The smallest absolute Gasteiger partial charge is 0.251 e. The molecular formula is C16H24ClNO. The maximum absolute atomic E-state index is 12.1. The van der Waals surface area contributed by atoms with E-state index in [0.717, 1.165) is 24.0 Å². The fourth-order valence-electron chi connectivity index (χ4n) is 1.99. The van der Waals surface area contributed by atoms with Crippen LogP contribution >= 0.6 is 11.6 Å². The van der Waals surface area contributed by atoms with E-state index < -0.39 is 0 Å². The lowest BCUT2D eigenvalue weighted by Crippen LogP contribution is -2.38.